The van der Waals surface area contributed by atoms with Gasteiger partial charge < -0.3 is 28.5 Å². The van der Waals surface area contributed by atoms with Gasteiger partial charge in [0.15, 0.2) is 23.8 Å². The Hall–Kier alpha value is -1.67. The Bertz CT molecular complexity index is 674. The third-order valence-electron chi connectivity index (χ3n) is 4.58. The molecule has 0 aliphatic carbocycles. The van der Waals surface area contributed by atoms with E-state index in [9.17, 15) is 0 Å². The fraction of sp³-hybridized carbons (Fsp3) is 0.632. The van der Waals surface area contributed by atoms with Crippen molar-refractivity contribution in [3.63, 3.8) is 0 Å². The molecule has 0 spiro atoms. The molecule has 0 aromatic heterocycles. The van der Waals surface area contributed by atoms with Crippen molar-refractivity contribution in [3.05, 3.63) is 35.9 Å². The summed E-state index contributed by atoms with van der Waals surface area (Å²) in [5.74, 6) is -0.968. The first-order valence-corrected chi connectivity index (χ1v) is 8.91. The van der Waals surface area contributed by atoms with Crippen LogP contribution in [0.2, 0.25) is 0 Å². The number of rotatable bonds is 4. The molecule has 4 rings (SSSR count). The summed E-state index contributed by atoms with van der Waals surface area (Å²) in [6.07, 6.45) is -1.34. The van der Waals surface area contributed by atoms with E-state index in [1.54, 1.807) is 0 Å². The van der Waals surface area contributed by atoms with Crippen molar-refractivity contribution in [2.24, 2.45) is 5.16 Å². The molecule has 7 nitrogen and oxygen atoms in total. The highest BCUT2D eigenvalue weighted by Gasteiger charge is 2.59. The van der Waals surface area contributed by atoms with Crippen LogP contribution in [0, 0.1) is 0 Å². The van der Waals surface area contributed by atoms with Crippen molar-refractivity contribution in [1.29, 1.82) is 0 Å². The van der Waals surface area contributed by atoms with Gasteiger partial charge in [-0.05, 0) is 38.4 Å². The average Bonchev–Trinajstić information content (AvgIpc) is 3.19. The monoisotopic (exact) mass is 363 g/mol. The molecule has 0 amide bonds. The minimum absolute atomic E-state index is 0.253. The Morgan fingerprint density at radius 2 is 1.77 bits per heavy atom. The Labute approximate surface area is 153 Å². The van der Waals surface area contributed by atoms with E-state index in [0.29, 0.717) is 19.1 Å². The number of ether oxygens (including phenoxy) is 5. The fourth-order valence-corrected chi connectivity index (χ4v) is 3.48. The molecule has 142 valence electrons. The third kappa shape index (κ3) is 3.57. The standard InChI is InChI=1S/C19H25NO6/c1-18(2)21-11-13(24-18)14-15-16(26-19(3,4)25-15)17(23-14)20-22-10-12-8-6-5-7-9-12/h5-9,13-16H,10-11H2,1-4H3/b20-17-/t13-,14+,15+,16+/m1/s1. The molecule has 3 aliphatic rings. The number of hydrogen-bond acceptors (Lipinski definition) is 7. The van der Waals surface area contributed by atoms with Crippen molar-refractivity contribution in [2.45, 2.75) is 70.3 Å². The summed E-state index contributed by atoms with van der Waals surface area (Å²) in [6.45, 7) is 8.31. The second-order valence-electron chi connectivity index (χ2n) is 7.66. The lowest BCUT2D eigenvalue weighted by molar-refractivity contribution is -0.180. The van der Waals surface area contributed by atoms with Gasteiger partial charge in [-0.2, -0.15) is 0 Å². The molecule has 0 N–H and O–H groups in total. The summed E-state index contributed by atoms with van der Waals surface area (Å²) in [5, 5.41) is 4.18. The summed E-state index contributed by atoms with van der Waals surface area (Å²) in [6, 6.07) is 9.83. The summed E-state index contributed by atoms with van der Waals surface area (Å²) < 4.78 is 29.6. The van der Waals surface area contributed by atoms with E-state index >= 15 is 0 Å². The SMILES string of the molecule is CC1(C)O[C@H]2[C@H]([C@H]3COC(C)(C)O3)O/C(=N\OCc3ccccc3)[C@H]2O1. The molecule has 3 saturated heterocycles. The number of benzene rings is 1. The first-order chi connectivity index (χ1) is 12.3. The van der Waals surface area contributed by atoms with Gasteiger partial charge in [0.1, 0.15) is 18.8 Å². The van der Waals surface area contributed by atoms with Gasteiger partial charge in [0.25, 0.3) is 5.90 Å². The lowest BCUT2D eigenvalue weighted by Gasteiger charge is -2.25. The van der Waals surface area contributed by atoms with Crippen LogP contribution in [0.3, 0.4) is 0 Å². The molecular formula is C19H25NO6. The topological polar surface area (TPSA) is 67.7 Å². The average molecular weight is 363 g/mol. The van der Waals surface area contributed by atoms with Gasteiger partial charge in [-0.3, -0.25) is 0 Å². The molecular weight excluding hydrogens is 338 g/mol. The zero-order chi connectivity index (χ0) is 18.4. The maximum absolute atomic E-state index is 6.04. The van der Waals surface area contributed by atoms with Crippen molar-refractivity contribution in [2.75, 3.05) is 6.61 Å². The molecule has 1 aromatic carbocycles. The highest BCUT2D eigenvalue weighted by atomic mass is 16.8. The van der Waals surface area contributed by atoms with Gasteiger partial charge in [0.2, 0.25) is 0 Å². The number of hydrogen-bond donors (Lipinski definition) is 0. The predicted molar refractivity (Wildman–Crippen MR) is 92.3 cm³/mol. The number of oxime groups is 1. The van der Waals surface area contributed by atoms with Gasteiger partial charge in [-0.15, -0.1) is 0 Å². The highest BCUT2D eigenvalue weighted by Crippen LogP contribution is 2.40. The third-order valence-corrected chi connectivity index (χ3v) is 4.58. The van der Waals surface area contributed by atoms with Gasteiger partial charge >= 0.3 is 0 Å². The molecule has 1 aromatic rings. The van der Waals surface area contributed by atoms with Crippen molar-refractivity contribution >= 4 is 5.90 Å². The summed E-state index contributed by atoms with van der Waals surface area (Å²) in [5.41, 5.74) is 1.03. The normalized spacial score (nSPS) is 36.1. The molecule has 26 heavy (non-hydrogen) atoms. The van der Waals surface area contributed by atoms with Gasteiger partial charge in [0.05, 0.1) is 6.61 Å². The van der Waals surface area contributed by atoms with E-state index in [-0.39, 0.29) is 18.3 Å². The highest BCUT2D eigenvalue weighted by molar-refractivity contribution is 5.84. The Balaban J connectivity index is 1.47. The number of fused-ring (bicyclic) bond motifs is 1. The van der Waals surface area contributed by atoms with E-state index in [2.05, 4.69) is 5.16 Å². The van der Waals surface area contributed by atoms with Gasteiger partial charge in [0, 0.05) is 0 Å². The molecule has 0 unspecified atom stereocenters. The largest absolute Gasteiger partial charge is 0.468 e. The lowest BCUT2D eigenvalue weighted by atomic mass is 10.1. The Kier molecular flexibility index (Phi) is 4.43. The molecule has 3 heterocycles. The molecule has 7 heteroatoms. The predicted octanol–water partition coefficient (Wildman–Crippen LogP) is 2.59. The lowest BCUT2D eigenvalue weighted by Crippen LogP contribution is -2.40. The summed E-state index contributed by atoms with van der Waals surface area (Å²) in [4.78, 5) is 5.49. The minimum atomic E-state index is -0.716. The van der Waals surface area contributed by atoms with E-state index in [0.717, 1.165) is 5.56 Å². The smallest absolute Gasteiger partial charge is 0.258 e. The second-order valence-corrected chi connectivity index (χ2v) is 7.66. The zero-order valence-corrected chi connectivity index (χ0v) is 15.5. The molecule has 3 aliphatic heterocycles. The summed E-state index contributed by atoms with van der Waals surface area (Å²) >= 11 is 0. The van der Waals surface area contributed by atoms with E-state index < -0.39 is 17.7 Å². The first kappa shape index (κ1) is 17.7. The van der Waals surface area contributed by atoms with Crippen LogP contribution >= 0.6 is 0 Å². The van der Waals surface area contributed by atoms with Gasteiger partial charge in [-0.25, -0.2) is 0 Å². The molecule has 4 atom stereocenters. The van der Waals surface area contributed by atoms with Crippen molar-refractivity contribution in [3.8, 4) is 0 Å². The quantitative estimate of drug-likeness (QED) is 0.766. The van der Waals surface area contributed by atoms with Gasteiger partial charge in [-0.1, -0.05) is 30.3 Å². The van der Waals surface area contributed by atoms with Crippen LogP contribution in [-0.4, -0.2) is 48.5 Å². The van der Waals surface area contributed by atoms with Crippen molar-refractivity contribution < 1.29 is 28.5 Å². The molecule has 0 saturated carbocycles. The molecule has 0 bridgehead atoms. The maximum Gasteiger partial charge on any atom is 0.258 e. The van der Waals surface area contributed by atoms with E-state index in [1.165, 1.54) is 0 Å². The van der Waals surface area contributed by atoms with Crippen LogP contribution in [0.25, 0.3) is 0 Å². The minimum Gasteiger partial charge on any atom is -0.468 e. The number of nitrogens with zero attached hydrogens (tertiary/aromatic N) is 1. The Morgan fingerprint density at radius 1 is 1.00 bits per heavy atom. The Morgan fingerprint density at radius 3 is 2.46 bits per heavy atom. The van der Waals surface area contributed by atoms with Crippen LogP contribution in [-0.2, 0) is 35.1 Å². The second kappa shape index (κ2) is 6.49. The van der Waals surface area contributed by atoms with Crippen LogP contribution in [0.1, 0.15) is 33.3 Å². The first-order valence-electron chi connectivity index (χ1n) is 8.91. The van der Waals surface area contributed by atoms with E-state index in [4.69, 9.17) is 28.5 Å². The molecule has 0 radical (unpaired) electrons. The van der Waals surface area contributed by atoms with Crippen LogP contribution in [0.15, 0.2) is 35.5 Å². The van der Waals surface area contributed by atoms with Crippen LogP contribution in [0.5, 0.6) is 0 Å². The maximum atomic E-state index is 6.04. The molecule has 3 fully saturated rings. The summed E-state index contributed by atoms with van der Waals surface area (Å²) in [7, 11) is 0. The van der Waals surface area contributed by atoms with E-state index in [1.807, 2.05) is 58.0 Å². The van der Waals surface area contributed by atoms with Crippen molar-refractivity contribution in [1.82, 2.24) is 0 Å². The van der Waals surface area contributed by atoms with Crippen LogP contribution in [0.4, 0.5) is 0 Å². The zero-order valence-electron chi connectivity index (χ0n) is 15.5. The van der Waals surface area contributed by atoms with Crippen LogP contribution < -0.4 is 0 Å². The fourth-order valence-electron chi connectivity index (χ4n) is 3.48.